The molecule has 1 saturated carbocycles. The average Bonchev–Trinajstić information content (AvgIpc) is 2.30. The number of hydrogen-bond donors (Lipinski definition) is 2. The summed E-state index contributed by atoms with van der Waals surface area (Å²) in [5.74, 6) is -0.0111. The van der Waals surface area contributed by atoms with E-state index in [9.17, 15) is 9.90 Å². The average molecular weight is 234 g/mol. The largest absolute Gasteiger partial charge is 0.392 e. The summed E-state index contributed by atoms with van der Waals surface area (Å²) in [6.07, 6.45) is 4.06. The van der Waals surface area contributed by atoms with Crippen LogP contribution in [0.4, 0.5) is 0 Å². The maximum Gasteiger partial charge on any atom is 0.224 e. The van der Waals surface area contributed by atoms with Crippen LogP contribution in [0.2, 0.25) is 0 Å². The van der Waals surface area contributed by atoms with Gasteiger partial charge >= 0.3 is 0 Å². The minimum Gasteiger partial charge on any atom is -0.392 e. The van der Waals surface area contributed by atoms with Gasteiger partial charge in [0.05, 0.1) is 12.5 Å². The maximum atomic E-state index is 11.8. The molecule has 2 rings (SSSR count). The monoisotopic (exact) mass is 234 g/mol. The van der Waals surface area contributed by atoms with Crippen molar-refractivity contribution in [3.63, 3.8) is 0 Å². The fourth-order valence-electron chi connectivity index (χ4n) is 2.08. The molecule has 92 valence electrons. The van der Waals surface area contributed by atoms with Gasteiger partial charge in [-0.25, -0.2) is 0 Å². The van der Waals surface area contributed by atoms with E-state index in [-0.39, 0.29) is 23.5 Å². The number of aromatic nitrogens is 1. The molecule has 2 N–H and O–H groups in total. The fourth-order valence-corrected chi connectivity index (χ4v) is 2.08. The van der Waals surface area contributed by atoms with Gasteiger partial charge in [0.1, 0.15) is 0 Å². The molecule has 1 fully saturated rings. The number of nitrogens with one attached hydrogen (secondary N) is 1. The predicted molar refractivity (Wildman–Crippen MR) is 64.3 cm³/mol. The Hall–Kier alpha value is -1.42. The van der Waals surface area contributed by atoms with Crippen molar-refractivity contribution in [2.24, 2.45) is 5.41 Å². The third kappa shape index (κ3) is 2.47. The summed E-state index contributed by atoms with van der Waals surface area (Å²) in [5, 5.41) is 12.5. The number of hydrogen-bond acceptors (Lipinski definition) is 3. The molecule has 1 aliphatic rings. The van der Waals surface area contributed by atoms with E-state index in [2.05, 4.69) is 10.3 Å². The van der Waals surface area contributed by atoms with Gasteiger partial charge in [-0.05, 0) is 18.1 Å². The second-order valence-electron chi connectivity index (χ2n) is 5.23. The van der Waals surface area contributed by atoms with Crippen molar-refractivity contribution in [2.75, 3.05) is 0 Å². The van der Waals surface area contributed by atoms with E-state index in [0.717, 1.165) is 5.56 Å². The summed E-state index contributed by atoms with van der Waals surface area (Å²) in [5.41, 5.74) is 0.688. The first-order valence-electron chi connectivity index (χ1n) is 5.86. The molecule has 1 aromatic heterocycles. The van der Waals surface area contributed by atoms with Gasteiger partial charge in [-0.3, -0.25) is 9.78 Å². The minimum atomic E-state index is -0.314. The number of carbonyl (C=O) groups is 1. The molecule has 1 aliphatic carbocycles. The first-order chi connectivity index (χ1) is 8.00. The zero-order valence-electron chi connectivity index (χ0n) is 10.2. The van der Waals surface area contributed by atoms with Gasteiger partial charge in [0.15, 0.2) is 0 Å². The molecule has 2 unspecified atom stereocenters. The Labute approximate surface area is 101 Å². The molecule has 1 amide bonds. The number of aliphatic hydroxyl groups is 1. The van der Waals surface area contributed by atoms with E-state index in [1.807, 2.05) is 26.0 Å². The summed E-state index contributed by atoms with van der Waals surface area (Å²) in [6, 6.07) is 3.77. The molecule has 1 aromatic rings. The lowest BCUT2D eigenvalue weighted by molar-refractivity contribution is -0.128. The second kappa shape index (κ2) is 4.45. The standard InChI is InChI=1S/C13H18N2O2/c1-13(2)10(7-11(13)16)15-12(17)6-9-4-3-5-14-8-9/h3-5,8,10-11,16H,6-7H2,1-2H3,(H,15,17). The SMILES string of the molecule is CC1(C)C(O)CC1NC(=O)Cc1cccnc1. The molecule has 0 aliphatic heterocycles. The van der Waals surface area contributed by atoms with Crippen LogP contribution >= 0.6 is 0 Å². The molecular formula is C13H18N2O2. The van der Waals surface area contributed by atoms with Crippen molar-refractivity contribution >= 4 is 5.91 Å². The van der Waals surface area contributed by atoms with E-state index in [0.29, 0.717) is 12.8 Å². The van der Waals surface area contributed by atoms with Gasteiger partial charge in [0.2, 0.25) is 5.91 Å². The van der Waals surface area contributed by atoms with E-state index < -0.39 is 0 Å². The third-order valence-corrected chi connectivity index (χ3v) is 3.64. The van der Waals surface area contributed by atoms with Crippen LogP contribution in [0.25, 0.3) is 0 Å². The zero-order chi connectivity index (χ0) is 12.5. The molecule has 2 atom stereocenters. The topological polar surface area (TPSA) is 62.2 Å². The number of nitrogens with zero attached hydrogens (tertiary/aromatic N) is 1. The Morgan fingerprint density at radius 2 is 2.41 bits per heavy atom. The second-order valence-corrected chi connectivity index (χ2v) is 5.23. The maximum absolute atomic E-state index is 11.8. The van der Waals surface area contributed by atoms with Crippen LogP contribution in [0.1, 0.15) is 25.8 Å². The Morgan fingerprint density at radius 3 is 2.94 bits per heavy atom. The molecule has 0 radical (unpaired) electrons. The van der Waals surface area contributed by atoms with Gasteiger partial charge in [0.25, 0.3) is 0 Å². The first kappa shape index (κ1) is 12.0. The van der Waals surface area contributed by atoms with Crippen LogP contribution in [0.3, 0.4) is 0 Å². The smallest absolute Gasteiger partial charge is 0.224 e. The molecule has 17 heavy (non-hydrogen) atoms. The summed E-state index contributed by atoms with van der Waals surface area (Å²) in [4.78, 5) is 15.8. The lowest BCUT2D eigenvalue weighted by Gasteiger charge is -2.49. The van der Waals surface area contributed by atoms with Crippen molar-refractivity contribution in [3.8, 4) is 0 Å². The van der Waals surface area contributed by atoms with Crippen LogP contribution in [-0.4, -0.2) is 28.1 Å². The Morgan fingerprint density at radius 1 is 1.65 bits per heavy atom. The van der Waals surface area contributed by atoms with Gasteiger partial charge in [-0.15, -0.1) is 0 Å². The van der Waals surface area contributed by atoms with Crippen molar-refractivity contribution in [2.45, 2.75) is 38.8 Å². The number of amides is 1. The van der Waals surface area contributed by atoms with Crippen molar-refractivity contribution < 1.29 is 9.90 Å². The molecule has 1 heterocycles. The number of pyridine rings is 1. The van der Waals surface area contributed by atoms with E-state index in [1.165, 1.54) is 0 Å². The predicted octanol–water partition coefficient (Wildman–Crippen LogP) is 0.900. The van der Waals surface area contributed by atoms with Crippen molar-refractivity contribution in [1.29, 1.82) is 0 Å². The highest BCUT2D eigenvalue weighted by atomic mass is 16.3. The van der Waals surface area contributed by atoms with Crippen LogP contribution in [0.15, 0.2) is 24.5 Å². The van der Waals surface area contributed by atoms with Gasteiger partial charge < -0.3 is 10.4 Å². The Kier molecular flexibility index (Phi) is 3.15. The highest BCUT2D eigenvalue weighted by molar-refractivity contribution is 5.79. The Balaban J connectivity index is 1.87. The van der Waals surface area contributed by atoms with E-state index in [4.69, 9.17) is 0 Å². The molecule has 0 aromatic carbocycles. The first-order valence-corrected chi connectivity index (χ1v) is 5.86. The molecule has 0 spiro atoms. The number of aliphatic hydroxyl groups excluding tert-OH is 1. The summed E-state index contributed by atoms with van der Waals surface area (Å²) in [7, 11) is 0. The zero-order valence-corrected chi connectivity index (χ0v) is 10.2. The normalized spacial score (nSPS) is 26.1. The van der Waals surface area contributed by atoms with Crippen LogP contribution < -0.4 is 5.32 Å². The highest BCUT2D eigenvalue weighted by Gasteiger charge is 2.47. The third-order valence-electron chi connectivity index (χ3n) is 3.64. The summed E-state index contributed by atoms with van der Waals surface area (Å²) in [6.45, 7) is 3.94. The molecule has 0 bridgehead atoms. The summed E-state index contributed by atoms with van der Waals surface area (Å²) >= 11 is 0. The van der Waals surface area contributed by atoms with Gasteiger partial charge in [0, 0.05) is 23.9 Å². The quantitative estimate of drug-likeness (QED) is 0.816. The number of rotatable bonds is 3. The van der Waals surface area contributed by atoms with Crippen molar-refractivity contribution in [1.82, 2.24) is 10.3 Å². The summed E-state index contributed by atoms with van der Waals surface area (Å²) < 4.78 is 0. The molecule has 0 saturated heterocycles. The Bertz CT molecular complexity index is 403. The van der Waals surface area contributed by atoms with E-state index >= 15 is 0 Å². The molecule has 4 nitrogen and oxygen atoms in total. The highest BCUT2D eigenvalue weighted by Crippen LogP contribution is 2.40. The van der Waals surface area contributed by atoms with Crippen LogP contribution in [0.5, 0.6) is 0 Å². The minimum absolute atomic E-state index is 0.0111. The lowest BCUT2D eigenvalue weighted by atomic mass is 9.64. The van der Waals surface area contributed by atoms with Crippen LogP contribution in [-0.2, 0) is 11.2 Å². The van der Waals surface area contributed by atoms with Crippen LogP contribution in [0, 0.1) is 5.41 Å². The van der Waals surface area contributed by atoms with Crippen molar-refractivity contribution in [3.05, 3.63) is 30.1 Å². The van der Waals surface area contributed by atoms with E-state index in [1.54, 1.807) is 12.4 Å². The lowest BCUT2D eigenvalue weighted by Crippen LogP contribution is -2.61. The van der Waals surface area contributed by atoms with Gasteiger partial charge in [-0.2, -0.15) is 0 Å². The fraction of sp³-hybridized carbons (Fsp3) is 0.538. The number of carbonyl (C=O) groups excluding carboxylic acids is 1. The molecule has 4 heteroatoms. The molecular weight excluding hydrogens is 216 g/mol. The van der Waals surface area contributed by atoms with Gasteiger partial charge in [-0.1, -0.05) is 19.9 Å².